The highest BCUT2D eigenvalue weighted by Crippen LogP contribution is 2.26. The normalized spacial score (nSPS) is 30.5. The Kier molecular flexibility index (Phi) is 3.95. The number of nitrogens with zero attached hydrogens (tertiary/aromatic N) is 4. The fraction of sp³-hybridized carbons (Fsp3) is 0.875. The summed E-state index contributed by atoms with van der Waals surface area (Å²) in [6, 6.07) is 0.764. The van der Waals surface area contributed by atoms with E-state index in [-0.39, 0.29) is 0 Å². The van der Waals surface area contributed by atoms with Gasteiger partial charge in [-0.25, -0.2) is 0 Å². The fourth-order valence-corrected chi connectivity index (χ4v) is 4.36. The molecule has 4 rings (SSSR count). The first-order chi connectivity index (χ1) is 10.4. The Morgan fingerprint density at radius 2 is 2.05 bits per heavy atom. The number of aryl methyl sites for hydroxylation is 1. The molecule has 5 heteroatoms. The molecule has 0 amide bonds. The zero-order chi connectivity index (χ0) is 14.1. The van der Waals surface area contributed by atoms with Gasteiger partial charge in [0, 0.05) is 25.6 Å². The summed E-state index contributed by atoms with van der Waals surface area (Å²) in [4.78, 5) is 2.61. The molecule has 1 aromatic rings. The molecular weight excluding hydrogens is 262 g/mol. The second-order valence-corrected chi connectivity index (χ2v) is 6.98. The molecule has 2 fully saturated rings. The van der Waals surface area contributed by atoms with Gasteiger partial charge in [0.15, 0.2) is 0 Å². The van der Waals surface area contributed by atoms with Crippen molar-refractivity contribution in [1.82, 2.24) is 25.0 Å². The van der Waals surface area contributed by atoms with Gasteiger partial charge in [0.25, 0.3) is 0 Å². The molecule has 2 unspecified atom stereocenters. The summed E-state index contributed by atoms with van der Waals surface area (Å²) in [5, 5.41) is 12.6. The summed E-state index contributed by atoms with van der Waals surface area (Å²) < 4.78 is 2.38. The number of piperidine rings is 1. The van der Waals surface area contributed by atoms with Crippen LogP contribution in [0, 0.1) is 5.92 Å². The van der Waals surface area contributed by atoms with E-state index in [1.54, 1.807) is 0 Å². The van der Waals surface area contributed by atoms with Crippen LogP contribution in [-0.4, -0.2) is 45.3 Å². The molecular formula is C16H27N5. The van der Waals surface area contributed by atoms with E-state index in [4.69, 9.17) is 0 Å². The Morgan fingerprint density at radius 1 is 1.05 bits per heavy atom. The largest absolute Gasteiger partial charge is 0.314 e. The third-order valence-corrected chi connectivity index (χ3v) is 5.51. The average molecular weight is 289 g/mol. The lowest BCUT2D eigenvalue weighted by atomic mass is 9.90. The van der Waals surface area contributed by atoms with Gasteiger partial charge in [0.1, 0.15) is 11.6 Å². The Bertz CT molecular complexity index is 477. The molecule has 21 heavy (non-hydrogen) atoms. The number of rotatable bonds is 3. The average Bonchev–Trinajstić information content (AvgIpc) is 3.18. The molecule has 1 aromatic heterocycles. The van der Waals surface area contributed by atoms with Crippen molar-refractivity contribution >= 4 is 0 Å². The summed E-state index contributed by atoms with van der Waals surface area (Å²) in [6.45, 7) is 5.81. The highest BCUT2D eigenvalue weighted by molar-refractivity contribution is 4.99. The van der Waals surface area contributed by atoms with Crippen molar-refractivity contribution in [2.24, 2.45) is 5.92 Å². The Morgan fingerprint density at radius 3 is 2.95 bits per heavy atom. The van der Waals surface area contributed by atoms with Crippen LogP contribution in [-0.2, 0) is 19.5 Å². The molecule has 3 aliphatic rings. The molecule has 0 aliphatic carbocycles. The third kappa shape index (κ3) is 2.86. The lowest BCUT2D eigenvalue weighted by Crippen LogP contribution is -2.43. The Hall–Kier alpha value is -0.940. The van der Waals surface area contributed by atoms with Gasteiger partial charge in [-0.2, -0.15) is 0 Å². The fourth-order valence-electron chi connectivity index (χ4n) is 4.36. The van der Waals surface area contributed by atoms with Gasteiger partial charge in [0.2, 0.25) is 0 Å². The van der Waals surface area contributed by atoms with Crippen LogP contribution in [0.4, 0.5) is 0 Å². The maximum Gasteiger partial charge on any atom is 0.147 e. The molecule has 0 saturated carbocycles. The molecule has 0 radical (unpaired) electrons. The third-order valence-electron chi connectivity index (χ3n) is 5.51. The predicted molar refractivity (Wildman–Crippen MR) is 82.0 cm³/mol. The van der Waals surface area contributed by atoms with Crippen molar-refractivity contribution in [2.75, 3.05) is 19.6 Å². The minimum absolute atomic E-state index is 0.764. The number of hydrogen-bond donors (Lipinski definition) is 1. The summed E-state index contributed by atoms with van der Waals surface area (Å²) in [7, 11) is 0. The van der Waals surface area contributed by atoms with E-state index in [1.165, 1.54) is 69.8 Å². The highest BCUT2D eigenvalue weighted by Gasteiger charge is 2.29. The number of likely N-dealkylation sites (tertiary alicyclic amines) is 1. The molecule has 0 spiro atoms. The quantitative estimate of drug-likeness (QED) is 0.917. The number of hydrogen-bond acceptors (Lipinski definition) is 4. The van der Waals surface area contributed by atoms with Crippen molar-refractivity contribution in [3.8, 4) is 0 Å². The number of aromatic nitrogens is 3. The Balaban J connectivity index is 1.41. The first-order valence-electron chi connectivity index (χ1n) is 8.77. The summed E-state index contributed by atoms with van der Waals surface area (Å²) >= 11 is 0. The topological polar surface area (TPSA) is 46.0 Å². The summed E-state index contributed by atoms with van der Waals surface area (Å²) in [5.41, 5.74) is 0. The zero-order valence-corrected chi connectivity index (χ0v) is 12.9. The molecule has 1 N–H and O–H groups in total. The molecule has 5 nitrogen and oxygen atoms in total. The summed E-state index contributed by atoms with van der Waals surface area (Å²) in [6.07, 6.45) is 9.14. The zero-order valence-electron chi connectivity index (χ0n) is 12.9. The second kappa shape index (κ2) is 6.05. The van der Waals surface area contributed by atoms with Gasteiger partial charge in [-0.1, -0.05) is 0 Å². The first kappa shape index (κ1) is 13.7. The lowest BCUT2D eigenvalue weighted by Gasteiger charge is -2.35. The van der Waals surface area contributed by atoms with Crippen molar-refractivity contribution in [3.63, 3.8) is 0 Å². The SMILES string of the molecule is C1CCn2c(nnc2CN2CCCC(C3CCCN3)C2)C1. The minimum Gasteiger partial charge on any atom is -0.314 e. The number of nitrogens with one attached hydrogen (secondary N) is 1. The molecule has 116 valence electrons. The molecule has 2 saturated heterocycles. The maximum atomic E-state index is 4.47. The highest BCUT2D eigenvalue weighted by atomic mass is 15.3. The lowest BCUT2D eigenvalue weighted by molar-refractivity contribution is 0.140. The van der Waals surface area contributed by atoms with Crippen molar-refractivity contribution in [1.29, 1.82) is 0 Å². The van der Waals surface area contributed by atoms with E-state index in [2.05, 4.69) is 25.0 Å². The van der Waals surface area contributed by atoms with Crippen LogP contribution in [0.2, 0.25) is 0 Å². The molecule has 4 heterocycles. The molecule has 0 aromatic carbocycles. The van der Waals surface area contributed by atoms with E-state index in [9.17, 15) is 0 Å². The van der Waals surface area contributed by atoms with Crippen molar-refractivity contribution in [2.45, 2.75) is 64.1 Å². The molecule has 3 aliphatic heterocycles. The first-order valence-corrected chi connectivity index (χ1v) is 8.77. The monoisotopic (exact) mass is 289 g/mol. The van der Waals surface area contributed by atoms with E-state index in [1.807, 2.05) is 0 Å². The van der Waals surface area contributed by atoms with Gasteiger partial charge in [0.05, 0.1) is 6.54 Å². The van der Waals surface area contributed by atoms with Crippen molar-refractivity contribution < 1.29 is 0 Å². The van der Waals surface area contributed by atoms with Crippen LogP contribution in [0.1, 0.15) is 50.2 Å². The maximum absolute atomic E-state index is 4.47. The van der Waals surface area contributed by atoms with Gasteiger partial charge >= 0.3 is 0 Å². The smallest absolute Gasteiger partial charge is 0.147 e. The van der Waals surface area contributed by atoms with E-state index in [0.717, 1.165) is 31.5 Å². The standard InChI is InChI=1S/C16H27N5/c1-2-10-21-15(7-1)18-19-16(21)12-20-9-4-5-13(11-20)14-6-3-8-17-14/h13-14,17H,1-12H2. The van der Waals surface area contributed by atoms with Gasteiger partial charge in [-0.15, -0.1) is 10.2 Å². The van der Waals surface area contributed by atoms with Crippen LogP contribution in [0.25, 0.3) is 0 Å². The number of fused-ring (bicyclic) bond motifs is 1. The Labute approximate surface area is 127 Å². The van der Waals surface area contributed by atoms with Crippen LogP contribution >= 0.6 is 0 Å². The van der Waals surface area contributed by atoms with Crippen LogP contribution in [0.3, 0.4) is 0 Å². The molecule has 2 atom stereocenters. The van der Waals surface area contributed by atoms with Crippen LogP contribution in [0.15, 0.2) is 0 Å². The van der Waals surface area contributed by atoms with Gasteiger partial charge in [-0.05, 0) is 57.5 Å². The van der Waals surface area contributed by atoms with Crippen molar-refractivity contribution in [3.05, 3.63) is 11.6 Å². The van der Waals surface area contributed by atoms with Crippen LogP contribution < -0.4 is 5.32 Å². The van der Waals surface area contributed by atoms with E-state index in [0.29, 0.717) is 0 Å². The summed E-state index contributed by atoms with van der Waals surface area (Å²) in [5.74, 6) is 3.25. The van der Waals surface area contributed by atoms with Gasteiger partial charge < -0.3 is 9.88 Å². The minimum atomic E-state index is 0.764. The molecule has 0 bridgehead atoms. The van der Waals surface area contributed by atoms with E-state index < -0.39 is 0 Å². The predicted octanol–water partition coefficient (Wildman–Crippen LogP) is 1.58. The van der Waals surface area contributed by atoms with E-state index >= 15 is 0 Å². The van der Waals surface area contributed by atoms with Gasteiger partial charge in [-0.3, -0.25) is 4.90 Å². The van der Waals surface area contributed by atoms with Crippen LogP contribution in [0.5, 0.6) is 0 Å². The second-order valence-electron chi connectivity index (χ2n) is 6.98.